The molecule has 24 heavy (non-hydrogen) atoms. The first-order valence-corrected chi connectivity index (χ1v) is 7.00. The molecule has 0 spiro atoms. The number of aromatic nitrogens is 2. The Morgan fingerprint density at radius 2 is 2.08 bits per heavy atom. The van der Waals surface area contributed by atoms with E-state index in [1.165, 1.54) is 38.1 Å². The van der Waals surface area contributed by atoms with Crippen molar-refractivity contribution in [3.8, 4) is 11.6 Å². The van der Waals surface area contributed by atoms with Gasteiger partial charge in [-0.15, -0.1) is 0 Å². The van der Waals surface area contributed by atoms with E-state index in [9.17, 15) is 20.0 Å². The smallest absolute Gasteiger partial charge is 0.273 e. The van der Waals surface area contributed by atoms with E-state index in [2.05, 4.69) is 9.97 Å². The molecule has 1 amide bonds. The highest BCUT2D eigenvalue weighted by molar-refractivity contribution is 6.32. The Kier molecular flexibility index (Phi) is 4.67. The number of amides is 1. The molecule has 0 fully saturated rings. The average molecular weight is 353 g/mol. The van der Waals surface area contributed by atoms with E-state index in [0.717, 1.165) is 0 Å². The van der Waals surface area contributed by atoms with Crippen LogP contribution in [0.25, 0.3) is 0 Å². The van der Waals surface area contributed by atoms with Crippen molar-refractivity contribution in [2.75, 3.05) is 0 Å². The summed E-state index contributed by atoms with van der Waals surface area (Å²) in [5.41, 5.74) is 3.03. The van der Waals surface area contributed by atoms with E-state index in [1.54, 1.807) is 0 Å². The van der Waals surface area contributed by atoms with Crippen LogP contribution in [0.3, 0.4) is 0 Å². The second-order valence-electron chi connectivity index (χ2n) is 5.30. The molecule has 0 unspecified atom stereocenters. The van der Waals surface area contributed by atoms with Crippen molar-refractivity contribution in [1.82, 2.24) is 9.97 Å². The molecule has 0 radical (unpaired) electrons. The second-order valence-corrected chi connectivity index (χ2v) is 5.65. The van der Waals surface area contributed by atoms with E-state index in [4.69, 9.17) is 22.1 Å². The summed E-state index contributed by atoms with van der Waals surface area (Å²) in [4.78, 5) is 29.4. The van der Waals surface area contributed by atoms with Crippen LogP contribution in [0.4, 0.5) is 5.69 Å². The summed E-state index contributed by atoms with van der Waals surface area (Å²) in [6.45, 7) is 2.80. The largest absolute Gasteiger partial charge is 0.437 e. The molecule has 1 heterocycles. The van der Waals surface area contributed by atoms with Gasteiger partial charge in [0.1, 0.15) is 17.0 Å². The van der Waals surface area contributed by atoms with Gasteiger partial charge >= 0.3 is 0 Å². The molecule has 10 heteroatoms. The fourth-order valence-corrected chi connectivity index (χ4v) is 2.01. The normalized spacial score (nSPS) is 11.2. The molecule has 3 N–H and O–H groups in total. The maximum Gasteiger partial charge on any atom is 0.273 e. The Hall–Kier alpha value is -2.78. The Labute approximate surface area is 141 Å². The number of nitro benzene ring substituents is 1. The molecule has 0 saturated heterocycles. The van der Waals surface area contributed by atoms with Crippen molar-refractivity contribution in [3.05, 3.63) is 50.9 Å². The summed E-state index contributed by atoms with van der Waals surface area (Å²) in [5.74, 6) is -1.02. The van der Waals surface area contributed by atoms with Gasteiger partial charge in [-0.3, -0.25) is 14.9 Å². The first-order valence-electron chi connectivity index (χ1n) is 6.62. The monoisotopic (exact) mass is 352 g/mol. The molecule has 9 nitrogen and oxygen atoms in total. The molecule has 0 aliphatic carbocycles. The number of hydrogen-bond donors (Lipinski definition) is 2. The highest BCUT2D eigenvalue weighted by Crippen LogP contribution is 2.32. The summed E-state index contributed by atoms with van der Waals surface area (Å²) in [5, 5.41) is 20.7. The summed E-state index contributed by atoms with van der Waals surface area (Å²) in [7, 11) is 0. The number of carbonyl (C=O) groups excluding carboxylic acids is 1. The molecule has 0 bridgehead atoms. The van der Waals surface area contributed by atoms with E-state index < -0.39 is 16.4 Å². The van der Waals surface area contributed by atoms with Gasteiger partial charge < -0.3 is 15.6 Å². The van der Waals surface area contributed by atoms with Gasteiger partial charge in [0, 0.05) is 6.07 Å². The maximum absolute atomic E-state index is 11.3. The van der Waals surface area contributed by atoms with Crippen molar-refractivity contribution >= 4 is 23.2 Å². The molecule has 0 aliphatic heterocycles. The average Bonchev–Trinajstić information content (AvgIpc) is 2.45. The zero-order valence-corrected chi connectivity index (χ0v) is 13.4. The van der Waals surface area contributed by atoms with E-state index in [0.29, 0.717) is 0 Å². The third kappa shape index (κ3) is 3.76. The predicted octanol–water partition coefficient (Wildman–Crippen LogP) is 2.16. The van der Waals surface area contributed by atoms with Crippen LogP contribution in [0, 0.1) is 10.1 Å². The van der Waals surface area contributed by atoms with Crippen LogP contribution in [0.15, 0.2) is 24.3 Å². The van der Waals surface area contributed by atoms with Gasteiger partial charge in [0.05, 0.1) is 11.0 Å². The lowest BCUT2D eigenvalue weighted by Gasteiger charge is -2.20. The molecule has 0 atom stereocenters. The molecule has 1 aromatic carbocycles. The third-order valence-electron chi connectivity index (χ3n) is 2.88. The molecule has 0 aliphatic rings. The molecule has 2 rings (SSSR count). The number of non-ortho nitro benzene ring substituents is 1. The summed E-state index contributed by atoms with van der Waals surface area (Å²) in [6.07, 6.45) is 0. The number of nitrogens with two attached hydrogens (primary N) is 1. The number of ether oxygens (including phenoxy) is 1. The van der Waals surface area contributed by atoms with Gasteiger partial charge in [0.2, 0.25) is 5.88 Å². The van der Waals surface area contributed by atoms with E-state index >= 15 is 0 Å². The fourth-order valence-electron chi connectivity index (χ4n) is 1.80. The number of nitro groups is 1. The Balaban J connectivity index is 2.53. The summed E-state index contributed by atoms with van der Waals surface area (Å²) >= 11 is 5.85. The number of benzene rings is 1. The first kappa shape index (κ1) is 17.6. The van der Waals surface area contributed by atoms with Crippen LogP contribution in [0.5, 0.6) is 11.6 Å². The quantitative estimate of drug-likeness (QED) is 0.620. The maximum atomic E-state index is 11.3. The molecule has 1 aromatic heterocycles. The Morgan fingerprint density at radius 1 is 1.42 bits per heavy atom. The lowest BCUT2D eigenvalue weighted by Crippen LogP contribution is -2.23. The van der Waals surface area contributed by atoms with Gasteiger partial charge in [-0.2, -0.15) is 4.98 Å². The lowest BCUT2D eigenvalue weighted by molar-refractivity contribution is -0.384. The van der Waals surface area contributed by atoms with E-state index in [-0.39, 0.29) is 33.9 Å². The molecular formula is C14H13ClN4O5. The van der Waals surface area contributed by atoms with Gasteiger partial charge in [-0.05, 0) is 19.9 Å². The van der Waals surface area contributed by atoms with Gasteiger partial charge in [-0.25, -0.2) is 4.98 Å². The van der Waals surface area contributed by atoms with Crippen molar-refractivity contribution < 1.29 is 19.6 Å². The number of nitrogens with zero attached hydrogens (tertiary/aromatic N) is 3. The van der Waals surface area contributed by atoms with E-state index in [1.807, 2.05) is 0 Å². The number of rotatable bonds is 5. The van der Waals surface area contributed by atoms with Gasteiger partial charge in [-0.1, -0.05) is 17.7 Å². The molecule has 2 aromatic rings. The van der Waals surface area contributed by atoms with Crippen LogP contribution in [-0.4, -0.2) is 25.9 Å². The minimum Gasteiger partial charge on any atom is -0.437 e. The van der Waals surface area contributed by atoms with Gasteiger partial charge in [0.25, 0.3) is 11.6 Å². The summed E-state index contributed by atoms with van der Waals surface area (Å²) < 4.78 is 5.47. The second kappa shape index (κ2) is 6.38. The predicted molar refractivity (Wildman–Crippen MR) is 84.0 cm³/mol. The van der Waals surface area contributed by atoms with Crippen molar-refractivity contribution in [2.45, 2.75) is 19.4 Å². The number of carbonyl (C=O) groups is 1. The number of primary amides is 1. The SMILES string of the molecule is CC(C)(O)c1nc(C(N)=O)c(Cl)nc1Oc1cccc([N+](=O)[O-])c1. The highest BCUT2D eigenvalue weighted by Gasteiger charge is 2.28. The minimum atomic E-state index is -1.53. The Bertz CT molecular complexity index is 819. The molecule has 0 saturated carbocycles. The molecular weight excluding hydrogens is 340 g/mol. The summed E-state index contributed by atoms with van der Waals surface area (Å²) in [6, 6.07) is 5.34. The third-order valence-corrected chi connectivity index (χ3v) is 3.14. The van der Waals surface area contributed by atoms with Crippen LogP contribution in [-0.2, 0) is 5.60 Å². The zero-order chi connectivity index (χ0) is 18.1. The highest BCUT2D eigenvalue weighted by atomic mass is 35.5. The van der Waals surface area contributed by atoms with Crippen molar-refractivity contribution in [2.24, 2.45) is 5.73 Å². The number of halogens is 1. The molecule has 126 valence electrons. The number of aliphatic hydroxyl groups is 1. The topological polar surface area (TPSA) is 141 Å². The van der Waals surface area contributed by atoms with Gasteiger partial charge in [0.15, 0.2) is 10.8 Å². The standard InChI is InChI=1S/C14H13ClN4O5/c1-14(2,21)10-13(18-11(15)9(17-10)12(16)20)24-8-5-3-4-7(6-8)19(22)23/h3-6,21H,1-2H3,(H2,16,20). The number of hydrogen-bond acceptors (Lipinski definition) is 7. The van der Waals surface area contributed by atoms with Crippen molar-refractivity contribution in [1.29, 1.82) is 0 Å². The zero-order valence-electron chi connectivity index (χ0n) is 12.7. The van der Waals surface area contributed by atoms with Crippen LogP contribution >= 0.6 is 11.6 Å². The van der Waals surface area contributed by atoms with Crippen molar-refractivity contribution in [3.63, 3.8) is 0 Å². The van der Waals surface area contributed by atoms with Crippen LogP contribution in [0.1, 0.15) is 30.0 Å². The lowest BCUT2D eigenvalue weighted by atomic mass is 10.1. The Morgan fingerprint density at radius 3 is 2.62 bits per heavy atom. The minimum absolute atomic E-state index is 0.0897. The van der Waals surface area contributed by atoms with Crippen LogP contribution in [0.2, 0.25) is 5.15 Å². The fraction of sp³-hybridized carbons (Fsp3) is 0.214. The first-order chi connectivity index (χ1) is 11.1. The van der Waals surface area contributed by atoms with Crippen LogP contribution < -0.4 is 10.5 Å².